The molecule has 2 N–H and O–H groups in total. The third kappa shape index (κ3) is 2.55. The van der Waals surface area contributed by atoms with Gasteiger partial charge in [0.25, 0.3) is 0 Å². The number of ether oxygens (including phenoxy) is 1. The molecule has 0 radical (unpaired) electrons. The van der Waals surface area contributed by atoms with Crippen LogP contribution in [0.4, 0.5) is 5.69 Å². The van der Waals surface area contributed by atoms with E-state index >= 15 is 0 Å². The molecule has 0 aliphatic heterocycles. The predicted octanol–water partition coefficient (Wildman–Crippen LogP) is -0.880. The summed E-state index contributed by atoms with van der Waals surface area (Å²) < 4.78 is 4.47. The van der Waals surface area contributed by atoms with Gasteiger partial charge in [-0.3, -0.25) is 0 Å². The Morgan fingerprint density at radius 1 is 1.50 bits per heavy atom. The molecule has 0 atom stereocenters. The van der Waals surface area contributed by atoms with Gasteiger partial charge in [-0.1, -0.05) is 6.07 Å². The summed E-state index contributed by atoms with van der Waals surface area (Å²) >= 11 is 0. The molecule has 1 aromatic carbocycles. The number of nitrogens with zero attached hydrogens (tertiary/aromatic N) is 1. The van der Waals surface area contributed by atoms with E-state index in [0.29, 0.717) is 0 Å². The molecule has 0 spiro atoms. The number of esters is 1. The van der Waals surface area contributed by atoms with Gasteiger partial charge in [0.2, 0.25) is 6.08 Å². The Labute approximate surface area is 91.3 Å². The van der Waals surface area contributed by atoms with Crippen LogP contribution in [-0.4, -0.2) is 36.3 Å². The van der Waals surface area contributed by atoms with E-state index in [4.69, 9.17) is 10.0 Å². The summed E-state index contributed by atoms with van der Waals surface area (Å²) in [6.07, 6.45) is 1.26. The van der Waals surface area contributed by atoms with Crippen molar-refractivity contribution in [1.29, 1.82) is 0 Å². The molecule has 0 aliphatic carbocycles. The standard InChI is InChI=1S/C9H8BNO5/c1-16-9(13)6-2-3-7(10(14)15)8(4-6)11-5-12/h2-4,14-15H,1H3. The first-order chi connectivity index (χ1) is 7.60. The number of benzene rings is 1. The highest BCUT2D eigenvalue weighted by molar-refractivity contribution is 6.60. The Morgan fingerprint density at radius 3 is 2.69 bits per heavy atom. The predicted molar refractivity (Wildman–Crippen MR) is 55.4 cm³/mol. The van der Waals surface area contributed by atoms with E-state index in [1.54, 1.807) is 0 Å². The van der Waals surface area contributed by atoms with Crippen LogP contribution in [0.5, 0.6) is 0 Å². The van der Waals surface area contributed by atoms with E-state index in [0.717, 1.165) is 0 Å². The van der Waals surface area contributed by atoms with Gasteiger partial charge >= 0.3 is 13.1 Å². The normalized spacial score (nSPS) is 9.19. The third-order valence-electron chi connectivity index (χ3n) is 1.90. The summed E-state index contributed by atoms with van der Waals surface area (Å²) in [7, 11) is -0.571. The smallest absolute Gasteiger partial charge is 0.465 e. The van der Waals surface area contributed by atoms with Gasteiger partial charge in [0.1, 0.15) is 0 Å². The monoisotopic (exact) mass is 221 g/mol. The van der Waals surface area contributed by atoms with E-state index in [1.807, 2.05) is 0 Å². The van der Waals surface area contributed by atoms with Crippen LogP contribution in [0.3, 0.4) is 0 Å². The molecule has 0 bridgehead atoms. The highest BCUT2D eigenvalue weighted by Crippen LogP contribution is 2.12. The van der Waals surface area contributed by atoms with Crippen LogP contribution in [-0.2, 0) is 9.53 Å². The number of methoxy groups -OCH3 is 1. The van der Waals surface area contributed by atoms with Crippen LogP contribution in [0.2, 0.25) is 0 Å². The Morgan fingerprint density at radius 2 is 2.19 bits per heavy atom. The van der Waals surface area contributed by atoms with E-state index in [-0.39, 0.29) is 16.7 Å². The minimum absolute atomic E-state index is 0.0102. The van der Waals surface area contributed by atoms with E-state index in [1.165, 1.54) is 31.4 Å². The number of isocyanates is 1. The van der Waals surface area contributed by atoms with Crippen molar-refractivity contribution in [2.24, 2.45) is 4.99 Å². The lowest BCUT2D eigenvalue weighted by molar-refractivity contribution is 0.0600. The Balaban J connectivity index is 3.27. The second kappa shape index (κ2) is 5.23. The van der Waals surface area contributed by atoms with Crippen LogP contribution in [0.15, 0.2) is 23.2 Å². The molecular weight excluding hydrogens is 213 g/mol. The molecule has 6 nitrogen and oxygen atoms in total. The van der Waals surface area contributed by atoms with Crippen molar-refractivity contribution in [3.63, 3.8) is 0 Å². The second-order valence-electron chi connectivity index (χ2n) is 2.84. The van der Waals surface area contributed by atoms with E-state index in [9.17, 15) is 9.59 Å². The van der Waals surface area contributed by atoms with Crippen LogP contribution >= 0.6 is 0 Å². The minimum atomic E-state index is -1.78. The number of carbonyl (C=O) groups excluding carboxylic acids is 2. The molecular formula is C9H8BNO5. The van der Waals surface area contributed by atoms with Crippen LogP contribution in [0, 0.1) is 0 Å². The maximum absolute atomic E-state index is 11.2. The summed E-state index contributed by atoms with van der Waals surface area (Å²) in [5.41, 5.74) is 0.129. The second-order valence-corrected chi connectivity index (χ2v) is 2.84. The maximum atomic E-state index is 11.2. The van der Waals surface area contributed by atoms with Crippen molar-refractivity contribution >= 4 is 30.3 Å². The number of aliphatic imine (C=N–C) groups is 1. The first-order valence-electron chi connectivity index (χ1n) is 4.26. The summed E-state index contributed by atoms with van der Waals surface area (Å²) in [6, 6.07) is 3.82. The van der Waals surface area contributed by atoms with Gasteiger partial charge in [-0.05, 0) is 12.1 Å². The van der Waals surface area contributed by atoms with Crippen molar-refractivity contribution < 1.29 is 24.4 Å². The van der Waals surface area contributed by atoms with Crippen molar-refractivity contribution in [3.8, 4) is 0 Å². The SMILES string of the molecule is COC(=O)c1ccc(B(O)O)c(N=C=O)c1. The number of hydrogen-bond acceptors (Lipinski definition) is 6. The molecule has 1 aromatic rings. The Kier molecular flexibility index (Phi) is 3.96. The van der Waals surface area contributed by atoms with Gasteiger partial charge in [0.05, 0.1) is 18.4 Å². The van der Waals surface area contributed by atoms with Crippen LogP contribution in [0.1, 0.15) is 10.4 Å². The molecule has 0 unspecified atom stereocenters. The van der Waals surface area contributed by atoms with Crippen molar-refractivity contribution in [1.82, 2.24) is 0 Å². The summed E-state index contributed by atoms with van der Waals surface area (Å²) in [5.74, 6) is -0.610. The van der Waals surface area contributed by atoms with Gasteiger partial charge in [-0.2, -0.15) is 4.99 Å². The largest absolute Gasteiger partial charge is 0.490 e. The van der Waals surface area contributed by atoms with Crippen molar-refractivity contribution in [3.05, 3.63) is 23.8 Å². The molecule has 7 heteroatoms. The molecule has 0 heterocycles. The van der Waals surface area contributed by atoms with Crippen LogP contribution < -0.4 is 5.46 Å². The lowest BCUT2D eigenvalue weighted by Crippen LogP contribution is -2.30. The van der Waals surface area contributed by atoms with Gasteiger partial charge in [-0.25, -0.2) is 9.59 Å². The minimum Gasteiger partial charge on any atom is -0.465 e. The first-order valence-corrected chi connectivity index (χ1v) is 4.26. The Bertz CT molecular complexity index is 453. The lowest BCUT2D eigenvalue weighted by atomic mass is 9.78. The number of carbonyl (C=O) groups is 1. The highest BCUT2D eigenvalue weighted by atomic mass is 16.5. The molecule has 0 aliphatic rings. The fourth-order valence-corrected chi connectivity index (χ4v) is 1.15. The van der Waals surface area contributed by atoms with E-state index < -0.39 is 13.1 Å². The fraction of sp³-hybridized carbons (Fsp3) is 0.111. The number of rotatable bonds is 3. The quantitative estimate of drug-likeness (QED) is 0.299. The summed E-state index contributed by atoms with van der Waals surface area (Å²) in [6.45, 7) is 0. The zero-order valence-electron chi connectivity index (χ0n) is 8.38. The zero-order chi connectivity index (χ0) is 12.1. The van der Waals surface area contributed by atoms with Gasteiger partial charge < -0.3 is 14.8 Å². The number of hydrogen-bond donors (Lipinski definition) is 2. The topological polar surface area (TPSA) is 96.2 Å². The molecule has 1 rings (SSSR count). The molecule has 0 saturated carbocycles. The lowest BCUT2D eigenvalue weighted by Gasteiger charge is -2.05. The van der Waals surface area contributed by atoms with Gasteiger partial charge in [0.15, 0.2) is 0 Å². The molecule has 0 fully saturated rings. The summed E-state index contributed by atoms with van der Waals surface area (Å²) in [4.78, 5) is 24.6. The molecule has 16 heavy (non-hydrogen) atoms. The van der Waals surface area contributed by atoms with Gasteiger partial charge in [-0.15, -0.1) is 0 Å². The summed E-state index contributed by atoms with van der Waals surface area (Å²) in [5, 5.41) is 17.9. The third-order valence-corrected chi connectivity index (χ3v) is 1.90. The van der Waals surface area contributed by atoms with Crippen LogP contribution in [0.25, 0.3) is 0 Å². The molecule has 82 valence electrons. The highest BCUT2D eigenvalue weighted by Gasteiger charge is 2.18. The maximum Gasteiger partial charge on any atom is 0.490 e. The average molecular weight is 221 g/mol. The zero-order valence-corrected chi connectivity index (χ0v) is 8.38. The first kappa shape index (κ1) is 12.1. The van der Waals surface area contributed by atoms with Crippen molar-refractivity contribution in [2.75, 3.05) is 7.11 Å². The van der Waals surface area contributed by atoms with E-state index in [2.05, 4.69) is 9.73 Å². The molecule has 0 aromatic heterocycles. The fourth-order valence-electron chi connectivity index (χ4n) is 1.15. The Hall–Kier alpha value is -1.95. The average Bonchev–Trinajstić information content (AvgIpc) is 2.28. The molecule has 0 amide bonds. The van der Waals surface area contributed by atoms with Gasteiger partial charge in [0, 0.05) is 5.46 Å². The molecule has 0 saturated heterocycles. The van der Waals surface area contributed by atoms with Crippen molar-refractivity contribution in [2.45, 2.75) is 0 Å².